The molecule has 3 nitrogen and oxygen atoms in total. The molecule has 1 heterocycles. The number of anilines is 1. The van der Waals surface area contributed by atoms with Crippen LogP contribution in [0.25, 0.3) is 0 Å². The lowest BCUT2D eigenvalue weighted by Crippen LogP contribution is -2.19. The predicted molar refractivity (Wildman–Crippen MR) is 67.5 cm³/mol. The zero-order valence-corrected chi connectivity index (χ0v) is 10.5. The fourth-order valence-corrected chi connectivity index (χ4v) is 2.03. The van der Waals surface area contributed by atoms with Gasteiger partial charge in [0.25, 0.3) is 0 Å². The van der Waals surface area contributed by atoms with E-state index < -0.39 is 0 Å². The molecule has 0 aliphatic heterocycles. The van der Waals surface area contributed by atoms with Crippen molar-refractivity contribution in [1.29, 1.82) is 0 Å². The number of allylic oxidation sites excluding steroid dienone is 1. The number of hydrogen-bond acceptors (Lipinski definition) is 2. The van der Waals surface area contributed by atoms with Crippen LogP contribution in [0.15, 0.2) is 12.7 Å². The molecular formula is C13H21N3. The van der Waals surface area contributed by atoms with Crippen molar-refractivity contribution in [2.24, 2.45) is 0 Å². The highest BCUT2D eigenvalue weighted by atomic mass is 15.2. The lowest BCUT2D eigenvalue weighted by Gasteiger charge is -2.19. The van der Waals surface area contributed by atoms with E-state index in [1.54, 1.807) is 0 Å². The van der Waals surface area contributed by atoms with Crippen LogP contribution in [0.2, 0.25) is 0 Å². The standard InChI is InChI=1S/C13H21N3/c1-5-8-16-11(14)10(9-6-7-9)15-12(16)13(2,3)4/h5,9H,1,6-8,14H2,2-4H3. The van der Waals surface area contributed by atoms with E-state index in [-0.39, 0.29) is 5.41 Å². The van der Waals surface area contributed by atoms with Crippen molar-refractivity contribution in [3.8, 4) is 0 Å². The molecule has 0 saturated heterocycles. The van der Waals surface area contributed by atoms with Gasteiger partial charge in [-0.15, -0.1) is 6.58 Å². The second-order valence-corrected chi connectivity index (χ2v) is 5.63. The zero-order chi connectivity index (χ0) is 11.9. The van der Waals surface area contributed by atoms with Gasteiger partial charge in [0.05, 0.1) is 5.69 Å². The van der Waals surface area contributed by atoms with Crippen molar-refractivity contribution in [1.82, 2.24) is 9.55 Å². The first-order valence-electron chi connectivity index (χ1n) is 5.92. The van der Waals surface area contributed by atoms with Crippen LogP contribution in [0, 0.1) is 0 Å². The Balaban J connectivity index is 2.49. The highest BCUT2D eigenvalue weighted by Crippen LogP contribution is 2.43. The summed E-state index contributed by atoms with van der Waals surface area (Å²) in [4.78, 5) is 4.75. The molecule has 1 aromatic heterocycles. The van der Waals surface area contributed by atoms with E-state index in [1.165, 1.54) is 12.8 Å². The largest absolute Gasteiger partial charge is 0.384 e. The second-order valence-electron chi connectivity index (χ2n) is 5.63. The summed E-state index contributed by atoms with van der Waals surface area (Å²) >= 11 is 0. The van der Waals surface area contributed by atoms with E-state index in [0.717, 1.165) is 23.9 Å². The normalized spacial score (nSPS) is 16.4. The zero-order valence-electron chi connectivity index (χ0n) is 10.5. The van der Waals surface area contributed by atoms with Crippen LogP contribution in [0.3, 0.4) is 0 Å². The minimum absolute atomic E-state index is 0.0320. The number of nitrogens with zero attached hydrogens (tertiary/aromatic N) is 2. The third kappa shape index (κ3) is 1.86. The van der Waals surface area contributed by atoms with Crippen LogP contribution >= 0.6 is 0 Å². The molecule has 1 aliphatic rings. The van der Waals surface area contributed by atoms with Crippen molar-refractivity contribution in [2.45, 2.75) is 51.5 Å². The molecule has 1 fully saturated rings. The van der Waals surface area contributed by atoms with E-state index in [4.69, 9.17) is 10.7 Å². The van der Waals surface area contributed by atoms with Crippen molar-refractivity contribution < 1.29 is 0 Å². The molecule has 0 atom stereocenters. The van der Waals surface area contributed by atoms with E-state index in [1.807, 2.05) is 6.08 Å². The van der Waals surface area contributed by atoms with Gasteiger partial charge in [0.1, 0.15) is 11.6 Å². The summed E-state index contributed by atoms with van der Waals surface area (Å²) in [6.07, 6.45) is 4.35. The summed E-state index contributed by atoms with van der Waals surface area (Å²) in [7, 11) is 0. The van der Waals surface area contributed by atoms with Gasteiger partial charge in [0, 0.05) is 17.9 Å². The molecule has 1 aliphatic carbocycles. The van der Waals surface area contributed by atoms with Gasteiger partial charge in [0.15, 0.2) is 0 Å². The summed E-state index contributed by atoms with van der Waals surface area (Å²) in [5.74, 6) is 2.52. The van der Waals surface area contributed by atoms with Crippen LogP contribution in [0.4, 0.5) is 5.82 Å². The Labute approximate surface area is 97.4 Å². The number of rotatable bonds is 3. The highest BCUT2D eigenvalue weighted by molar-refractivity contribution is 5.44. The topological polar surface area (TPSA) is 43.8 Å². The first kappa shape index (κ1) is 11.2. The molecule has 0 bridgehead atoms. The van der Waals surface area contributed by atoms with Crippen molar-refractivity contribution in [3.05, 3.63) is 24.2 Å². The minimum Gasteiger partial charge on any atom is -0.384 e. The monoisotopic (exact) mass is 219 g/mol. The fraction of sp³-hybridized carbons (Fsp3) is 0.615. The molecule has 1 saturated carbocycles. The fourth-order valence-electron chi connectivity index (χ4n) is 2.03. The molecule has 88 valence electrons. The SMILES string of the molecule is C=CCn1c(C(C)(C)C)nc(C2CC2)c1N. The highest BCUT2D eigenvalue weighted by Gasteiger charge is 2.32. The Kier molecular flexibility index (Phi) is 2.56. The Hall–Kier alpha value is -1.25. The van der Waals surface area contributed by atoms with Crippen LogP contribution in [-0.4, -0.2) is 9.55 Å². The Bertz CT molecular complexity index is 406. The molecule has 0 aromatic carbocycles. The molecule has 1 aromatic rings. The van der Waals surface area contributed by atoms with Crippen molar-refractivity contribution in [2.75, 3.05) is 5.73 Å². The molecule has 3 heteroatoms. The van der Waals surface area contributed by atoms with Gasteiger partial charge < -0.3 is 10.3 Å². The van der Waals surface area contributed by atoms with E-state index >= 15 is 0 Å². The first-order chi connectivity index (χ1) is 7.45. The lowest BCUT2D eigenvalue weighted by atomic mass is 9.95. The first-order valence-corrected chi connectivity index (χ1v) is 5.92. The minimum atomic E-state index is 0.0320. The maximum Gasteiger partial charge on any atom is 0.127 e. The Morgan fingerprint density at radius 2 is 2.12 bits per heavy atom. The third-order valence-corrected chi connectivity index (χ3v) is 2.98. The summed E-state index contributed by atoms with van der Waals surface area (Å²) in [5.41, 5.74) is 7.32. The summed E-state index contributed by atoms with van der Waals surface area (Å²) < 4.78 is 2.10. The summed E-state index contributed by atoms with van der Waals surface area (Å²) in [5, 5.41) is 0. The maximum atomic E-state index is 6.18. The quantitative estimate of drug-likeness (QED) is 0.794. The molecular weight excluding hydrogens is 198 g/mol. The predicted octanol–water partition coefficient (Wildman–Crippen LogP) is 2.83. The number of imidazole rings is 1. The Morgan fingerprint density at radius 3 is 2.56 bits per heavy atom. The number of nitrogen functional groups attached to an aromatic ring is 1. The third-order valence-electron chi connectivity index (χ3n) is 2.98. The number of hydrogen-bond donors (Lipinski definition) is 1. The average Bonchev–Trinajstić information content (AvgIpc) is 2.94. The van der Waals surface area contributed by atoms with Gasteiger partial charge in [-0.3, -0.25) is 0 Å². The van der Waals surface area contributed by atoms with Crippen LogP contribution in [-0.2, 0) is 12.0 Å². The second kappa shape index (κ2) is 3.65. The van der Waals surface area contributed by atoms with E-state index in [0.29, 0.717) is 5.92 Å². The van der Waals surface area contributed by atoms with Crippen molar-refractivity contribution in [3.63, 3.8) is 0 Å². The summed E-state index contributed by atoms with van der Waals surface area (Å²) in [6.45, 7) is 11.0. The van der Waals surface area contributed by atoms with E-state index in [2.05, 4.69) is 31.9 Å². The summed E-state index contributed by atoms with van der Waals surface area (Å²) in [6, 6.07) is 0. The molecule has 2 N–H and O–H groups in total. The van der Waals surface area contributed by atoms with Gasteiger partial charge in [-0.1, -0.05) is 26.8 Å². The number of aromatic nitrogens is 2. The Morgan fingerprint density at radius 1 is 1.50 bits per heavy atom. The molecule has 2 rings (SSSR count). The van der Waals surface area contributed by atoms with Gasteiger partial charge in [0.2, 0.25) is 0 Å². The van der Waals surface area contributed by atoms with Crippen LogP contribution in [0.1, 0.15) is 51.0 Å². The van der Waals surface area contributed by atoms with Gasteiger partial charge in [-0.2, -0.15) is 0 Å². The van der Waals surface area contributed by atoms with E-state index in [9.17, 15) is 0 Å². The van der Waals surface area contributed by atoms with Gasteiger partial charge in [-0.25, -0.2) is 4.98 Å². The number of nitrogens with two attached hydrogens (primary N) is 1. The molecule has 0 unspecified atom stereocenters. The van der Waals surface area contributed by atoms with Gasteiger partial charge in [-0.05, 0) is 12.8 Å². The average molecular weight is 219 g/mol. The molecule has 0 spiro atoms. The lowest BCUT2D eigenvalue weighted by molar-refractivity contribution is 0.515. The molecule has 16 heavy (non-hydrogen) atoms. The smallest absolute Gasteiger partial charge is 0.127 e. The molecule has 0 radical (unpaired) electrons. The molecule has 0 amide bonds. The van der Waals surface area contributed by atoms with Crippen LogP contribution in [0.5, 0.6) is 0 Å². The van der Waals surface area contributed by atoms with Crippen molar-refractivity contribution >= 4 is 5.82 Å². The maximum absolute atomic E-state index is 6.18. The van der Waals surface area contributed by atoms with Crippen LogP contribution < -0.4 is 5.73 Å². The van der Waals surface area contributed by atoms with Gasteiger partial charge >= 0.3 is 0 Å².